The Kier molecular flexibility index (Phi) is 6.64. The van der Waals surface area contributed by atoms with Gasteiger partial charge in [0.2, 0.25) is 5.91 Å². The summed E-state index contributed by atoms with van der Waals surface area (Å²) < 4.78 is 78.3. The number of halogens is 6. The Morgan fingerprint density at radius 1 is 0.914 bits per heavy atom. The molecule has 1 aromatic carbocycles. The van der Waals surface area contributed by atoms with Crippen molar-refractivity contribution in [3.8, 4) is 11.3 Å². The minimum absolute atomic E-state index is 0.0226. The monoisotopic (exact) mass is 495 g/mol. The second-order valence-electron chi connectivity index (χ2n) is 8.06. The van der Waals surface area contributed by atoms with E-state index in [1.807, 2.05) is 11.0 Å². The molecule has 184 valence electrons. The number of nitrogens with one attached hydrogen (secondary N) is 1. The van der Waals surface area contributed by atoms with Gasteiger partial charge in [0.05, 0.1) is 16.8 Å². The Bertz CT molecular complexity index is 1140. The lowest BCUT2D eigenvalue weighted by Gasteiger charge is -2.32. The smallest absolute Gasteiger partial charge is 0.355 e. The number of alkyl halides is 6. The van der Waals surface area contributed by atoms with Crippen LogP contribution in [0.25, 0.3) is 11.3 Å². The molecule has 2 aromatic heterocycles. The first-order valence-electron chi connectivity index (χ1n) is 10.6. The predicted octanol–water partition coefficient (Wildman–Crippen LogP) is 5.43. The maximum atomic E-state index is 13.1. The zero-order chi connectivity index (χ0) is 25.2. The summed E-state index contributed by atoms with van der Waals surface area (Å²) in [5.41, 5.74) is -2.05. The van der Waals surface area contributed by atoms with Crippen LogP contribution in [0.3, 0.4) is 0 Å². The number of piperidine rings is 1. The van der Waals surface area contributed by atoms with Crippen LogP contribution in [0.5, 0.6) is 0 Å². The molecule has 1 aliphatic heterocycles. The molecule has 4 rings (SSSR count). The van der Waals surface area contributed by atoms with E-state index in [2.05, 4.69) is 20.5 Å². The van der Waals surface area contributed by atoms with Crippen molar-refractivity contribution in [2.75, 3.05) is 23.3 Å². The molecule has 0 radical (unpaired) electrons. The molecular weight excluding hydrogens is 476 g/mol. The summed E-state index contributed by atoms with van der Waals surface area (Å²) in [6.07, 6.45) is -5.96. The molecule has 0 aliphatic carbocycles. The highest BCUT2D eigenvalue weighted by atomic mass is 19.4. The lowest BCUT2D eigenvalue weighted by molar-refractivity contribution is -0.143. The molecule has 0 saturated carbocycles. The first-order chi connectivity index (χ1) is 16.5. The molecule has 3 heterocycles. The largest absolute Gasteiger partial charge is 0.416 e. The number of hydrogen-bond acceptors (Lipinski definition) is 5. The van der Waals surface area contributed by atoms with Crippen LogP contribution in [0, 0.1) is 5.92 Å². The summed E-state index contributed by atoms with van der Waals surface area (Å²) in [5.74, 6) is -0.600. The number of amides is 1. The molecule has 35 heavy (non-hydrogen) atoms. The molecule has 12 heteroatoms. The van der Waals surface area contributed by atoms with Gasteiger partial charge in [-0.2, -0.15) is 26.3 Å². The van der Waals surface area contributed by atoms with Gasteiger partial charge in [-0.05, 0) is 55.3 Å². The first kappa shape index (κ1) is 24.4. The van der Waals surface area contributed by atoms with Gasteiger partial charge in [0.25, 0.3) is 0 Å². The van der Waals surface area contributed by atoms with Crippen LogP contribution in [-0.2, 0) is 17.1 Å². The molecular formula is C23H19F6N5O. The van der Waals surface area contributed by atoms with Crippen LogP contribution < -0.4 is 10.2 Å². The molecule has 1 fully saturated rings. The number of rotatable bonds is 4. The third-order valence-corrected chi connectivity index (χ3v) is 5.65. The van der Waals surface area contributed by atoms with Crippen LogP contribution in [-0.4, -0.2) is 34.2 Å². The van der Waals surface area contributed by atoms with Crippen LogP contribution in [0.2, 0.25) is 0 Å². The Labute approximate surface area is 196 Å². The van der Waals surface area contributed by atoms with Crippen LogP contribution in [0.4, 0.5) is 37.8 Å². The van der Waals surface area contributed by atoms with Gasteiger partial charge >= 0.3 is 12.4 Å². The third-order valence-electron chi connectivity index (χ3n) is 5.65. The highest BCUT2D eigenvalue weighted by Crippen LogP contribution is 2.37. The van der Waals surface area contributed by atoms with Gasteiger partial charge in [0.1, 0.15) is 0 Å². The summed E-state index contributed by atoms with van der Waals surface area (Å²) in [5, 5.41) is 10.6. The van der Waals surface area contributed by atoms with Gasteiger partial charge in [0.15, 0.2) is 5.82 Å². The van der Waals surface area contributed by atoms with Crippen molar-refractivity contribution in [3.63, 3.8) is 0 Å². The van der Waals surface area contributed by atoms with E-state index in [1.54, 1.807) is 30.6 Å². The highest BCUT2D eigenvalue weighted by Gasteiger charge is 2.37. The van der Waals surface area contributed by atoms with Crippen molar-refractivity contribution < 1.29 is 31.1 Å². The quantitative estimate of drug-likeness (QED) is 0.489. The van der Waals surface area contributed by atoms with Gasteiger partial charge < -0.3 is 10.2 Å². The minimum Gasteiger partial charge on any atom is -0.355 e. The van der Waals surface area contributed by atoms with Gasteiger partial charge in [-0.1, -0.05) is 0 Å². The lowest BCUT2D eigenvalue weighted by Crippen LogP contribution is -2.38. The second kappa shape index (κ2) is 9.51. The topological polar surface area (TPSA) is 71.0 Å². The van der Waals surface area contributed by atoms with Gasteiger partial charge in [-0.15, -0.1) is 10.2 Å². The maximum Gasteiger partial charge on any atom is 0.416 e. The predicted molar refractivity (Wildman–Crippen MR) is 115 cm³/mol. The van der Waals surface area contributed by atoms with Crippen LogP contribution in [0.15, 0.2) is 54.9 Å². The van der Waals surface area contributed by atoms with E-state index in [-0.39, 0.29) is 6.07 Å². The Hall–Kier alpha value is -3.70. The van der Waals surface area contributed by atoms with E-state index in [9.17, 15) is 31.1 Å². The van der Waals surface area contributed by atoms with Crippen molar-refractivity contribution in [1.29, 1.82) is 0 Å². The fourth-order valence-electron chi connectivity index (χ4n) is 3.80. The number of hydrogen-bond donors (Lipinski definition) is 1. The lowest BCUT2D eigenvalue weighted by atomic mass is 9.95. The number of nitrogens with zero attached hydrogens (tertiary/aromatic N) is 4. The summed E-state index contributed by atoms with van der Waals surface area (Å²) in [4.78, 5) is 18.6. The van der Waals surface area contributed by atoms with Crippen molar-refractivity contribution in [2.24, 2.45) is 5.92 Å². The normalized spacial score (nSPS) is 15.2. The zero-order valence-corrected chi connectivity index (χ0v) is 18.1. The highest BCUT2D eigenvalue weighted by molar-refractivity contribution is 5.93. The fourth-order valence-corrected chi connectivity index (χ4v) is 3.80. The van der Waals surface area contributed by atoms with E-state index in [1.165, 1.54) is 0 Å². The number of pyridine rings is 1. The van der Waals surface area contributed by atoms with Gasteiger partial charge in [-0.3, -0.25) is 9.78 Å². The van der Waals surface area contributed by atoms with Crippen LogP contribution in [0.1, 0.15) is 24.0 Å². The minimum atomic E-state index is -4.99. The Balaban J connectivity index is 1.40. The van der Waals surface area contributed by atoms with Crippen molar-refractivity contribution in [2.45, 2.75) is 25.2 Å². The molecule has 1 N–H and O–H groups in total. The number of carbonyl (C=O) groups excluding carboxylic acids is 1. The van der Waals surface area contributed by atoms with Crippen molar-refractivity contribution >= 4 is 17.4 Å². The SMILES string of the molecule is O=C(Nc1cc(C(F)(F)F)cc(C(F)(F)F)c1)C1CCN(c2ccc(-c3cccnc3)nn2)CC1. The maximum absolute atomic E-state index is 13.1. The molecule has 1 amide bonds. The van der Waals surface area contributed by atoms with E-state index < -0.39 is 41.0 Å². The second-order valence-corrected chi connectivity index (χ2v) is 8.06. The van der Waals surface area contributed by atoms with Crippen molar-refractivity contribution in [1.82, 2.24) is 15.2 Å². The van der Waals surface area contributed by atoms with E-state index in [4.69, 9.17) is 0 Å². The molecule has 0 unspecified atom stereocenters. The number of aromatic nitrogens is 3. The van der Waals surface area contributed by atoms with Gasteiger partial charge in [0, 0.05) is 42.7 Å². The number of anilines is 2. The molecule has 0 atom stereocenters. The van der Waals surface area contributed by atoms with Gasteiger partial charge in [-0.25, -0.2) is 0 Å². The Morgan fingerprint density at radius 3 is 2.09 bits per heavy atom. The average molecular weight is 495 g/mol. The molecule has 3 aromatic rings. The zero-order valence-electron chi connectivity index (χ0n) is 18.1. The molecule has 0 bridgehead atoms. The summed E-state index contributed by atoms with van der Waals surface area (Å²) >= 11 is 0. The summed E-state index contributed by atoms with van der Waals surface area (Å²) in [6.45, 7) is 0.852. The Morgan fingerprint density at radius 2 is 1.57 bits per heavy atom. The molecule has 1 saturated heterocycles. The fraction of sp³-hybridized carbons (Fsp3) is 0.304. The molecule has 0 spiro atoms. The summed E-state index contributed by atoms with van der Waals surface area (Å²) in [7, 11) is 0. The van der Waals surface area contributed by atoms with E-state index in [0.29, 0.717) is 49.6 Å². The molecule has 1 aliphatic rings. The third kappa shape index (κ3) is 5.87. The number of benzene rings is 1. The summed E-state index contributed by atoms with van der Waals surface area (Å²) in [6, 6.07) is 8.24. The first-order valence-corrected chi connectivity index (χ1v) is 10.6. The molecule has 6 nitrogen and oxygen atoms in total. The van der Waals surface area contributed by atoms with Crippen LogP contribution >= 0.6 is 0 Å². The standard InChI is InChI=1S/C23H19F6N5O/c24-22(25,26)16-10-17(23(27,28)29)12-18(11-16)31-21(35)14-5-8-34(9-6-14)20-4-3-19(32-33-20)15-2-1-7-30-13-15/h1-4,7,10-14H,5-6,8-9H2,(H,31,35). The van der Waals surface area contributed by atoms with E-state index >= 15 is 0 Å². The number of carbonyl (C=O) groups is 1. The van der Waals surface area contributed by atoms with E-state index in [0.717, 1.165) is 5.56 Å². The average Bonchev–Trinajstić information content (AvgIpc) is 2.83. The van der Waals surface area contributed by atoms with Crippen molar-refractivity contribution in [3.05, 3.63) is 66.0 Å².